The average molecular weight is 308 g/mol. The summed E-state index contributed by atoms with van der Waals surface area (Å²) in [6.45, 7) is 0. The Balaban J connectivity index is 2.02. The number of hydrogen-bond acceptors (Lipinski definition) is 4. The minimum Gasteiger partial charge on any atom is -0.497 e. The summed E-state index contributed by atoms with van der Waals surface area (Å²) >= 11 is 0. The minimum absolute atomic E-state index is 0.113. The van der Waals surface area contributed by atoms with Gasteiger partial charge in [-0.3, -0.25) is 4.79 Å². The highest BCUT2D eigenvalue weighted by Crippen LogP contribution is 2.29. The third-order valence-electron chi connectivity index (χ3n) is 3.60. The number of ether oxygens (including phenoxy) is 2. The molecule has 3 aromatic rings. The second kappa shape index (κ2) is 6.40. The Morgan fingerprint density at radius 1 is 0.957 bits per heavy atom. The highest BCUT2D eigenvalue weighted by atomic mass is 16.5. The Hall–Kier alpha value is -3.01. The van der Waals surface area contributed by atoms with Gasteiger partial charge in [0.2, 0.25) is 0 Å². The van der Waals surface area contributed by atoms with E-state index in [9.17, 15) is 4.79 Å². The molecule has 0 N–H and O–H groups in total. The molecule has 116 valence electrons. The molecule has 0 amide bonds. The van der Waals surface area contributed by atoms with Gasteiger partial charge in [-0.2, -0.15) is 0 Å². The molecular weight excluding hydrogens is 292 g/mol. The van der Waals surface area contributed by atoms with E-state index in [1.54, 1.807) is 56.9 Å². The molecule has 1 heterocycles. The van der Waals surface area contributed by atoms with Crippen LogP contribution in [0.3, 0.4) is 0 Å². The lowest BCUT2D eigenvalue weighted by Gasteiger charge is -2.10. The van der Waals surface area contributed by atoms with Gasteiger partial charge in [-0.1, -0.05) is 0 Å². The Kier molecular flexibility index (Phi) is 4.15. The Morgan fingerprint density at radius 3 is 2.35 bits per heavy atom. The molecule has 0 fully saturated rings. The molecule has 0 aliphatic rings. The number of carbonyl (C=O) groups is 1. The van der Waals surface area contributed by atoms with Crippen molar-refractivity contribution in [2.75, 3.05) is 14.2 Å². The average Bonchev–Trinajstić information content (AvgIpc) is 3.15. The molecule has 0 atom stereocenters. The predicted octanol–water partition coefficient (Wildman–Crippen LogP) is 4.19. The van der Waals surface area contributed by atoms with Crippen LogP contribution in [0, 0.1) is 0 Å². The van der Waals surface area contributed by atoms with Crippen molar-refractivity contribution < 1.29 is 18.7 Å². The lowest BCUT2D eigenvalue weighted by atomic mass is 9.99. The van der Waals surface area contributed by atoms with Crippen molar-refractivity contribution in [2.24, 2.45) is 0 Å². The number of ketones is 1. The van der Waals surface area contributed by atoms with Crippen molar-refractivity contribution in [3.05, 3.63) is 72.0 Å². The van der Waals surface area contributed by atoms with Crippen molar-refractivity contribution in [2.45, 2.75) is 0 Å². The largest absolute Gasteiger partial charge is 0.497 e. The van der Waals surface area contributed by atoms with Crippen LogP contribution < -0.4 is 9.47 Å². The van der Waals surface area contributed by atoms with Crippen LogP contribution in [0.15, 0.2) is 65.3 Å². The zero-order valence-corrected chi connectivity index (χ0v) is 12.9. The van der Waals surface area contributed by atoms with E-state index in [1.165, 1.54) is 0 Å². The van der Waals surface area contributed by atoms with Gasteiger partial charge < -0.3 is 13.9 Å². The van der Waals surface area contributed by atoms with Gasteiger partial charge in [0.15, 0.2) is 5.78 Å². The first-order valence-corrected chi connectivity index (χ1v) is 7.13. The third-order valence-corrected chi connectivity index (χ3v) is 3.60. The maximum atomic E-state index is 12.8. The van der Waals surface area contributed by atoms with Crippen LogP contribution in [0.2, 0.25) is 0 Å². The summed E-state index contributed by atoms with van der Waals surface area (Å²) in [5.74, 6) is 1.83. The molecule has 0 spiro atoms. The van der Waals surface area contributed by atoms with Gasteiger partial charge >= 0.3 is 0 Å². The fourth-order valence-electron chi connectivity index (χ4n) is 2.38. The van der Waals surface area contributed by atoms with Crippen LogP contribution >= 0.6 is 0 Å². The molecule has 4 nitrogen and oxygen atoms in total. The van der Waals surface area contributed by atoms with E-state index < -0.39 is 0 Å². The molecule has 23 heavy (non-hydrogen) atoms. The molecular formula is C19H16O4. The third kappa shape index (κ3) is 2.97. The maximum absolute atomic E-state index is 12.8. The Morgan fingerprint density at radius 2 is 1.74 bits per heavy atom. The molecule has 0 aliphatic carbocycles. The van der Waals surface area contributed by atoms with Gasteiger partial charge in [-0.15, -0.1) is 0 Å². The molecule has 0 unspecified atom stereocenters. The zero-order chi connectivity index (χ0) is 16.2. The van der Waals surface area contributed by atoms with Crippen LogP contribution in [0.25, 0.3) is 11.3 Å². The van der Waals surface area contributed by atoms with Crippen LogP contribution in [-0.4, -0.2) is 20.0 Å². The van der Waals surface area contributed by atoms with Gasteiger partial charge in [0.05, 0.1) is 26.0 Å². The fourth-order valence-corrected chi connectivity index (χ4v) is 2.38. The van der Waals surface area contributed by atoms with Crippen molar-refractivity contribution >= 4 is 5.78 Å². The van der Waals surface area contributed by atoms with Gasteiger partial charge in [-0.05, 0) is 54.6 Å². The first-order chi connectivity index (χ1) is 11.2. The number of hydrogen-bond donors (Lipinski definition) is 0. The Bertz CT molecular complexity index is 802. The molecule has 0 saturated carbocycles. The maximum Gasteiger partial charge on any atom is 0.196 e. The lowest BCUT2D eigenvalue weighted by molar-refractivity contribution is 0.103. The number of carbonyl (C=O) groups excluding carboxylic acids is 1. The molecule has 0 saturated heterocycles. The first kappa shape index (κ1) is 14.9. The normalized spacial score (nSPS) is 10.3. The summed E-state index contributed by atoms with van der Waals surface area (Å²) in [4.78, 5) is 12.8. The van der Waals surface area contributed by atoms with Crippen LogP contribution in [-0.2, 0) is 0 Å². The fraction of sp³-hybridized carbons (Fsp3) is 0.105. The SMILES string of the molecule is COc1ccc(C(=O)c2cc(-c3ccco3)ccc2OC)cc1. The Labute approximate surface area is 134 Å². The van der Waals surface area contributed by atoms with Crippen molar-refractivity contribution in [1.82, 2.24) is 0 Å². The quantitative estimate of drug-likeness (QED) is 0.663. The van der Waals surface area contributed by atoms with Gasteiger partial charge in [-0.25, -0.2) is 0 Å². The smallest absolute Gasteiger partial charge is 0.196 e. The zero-order valence-electron chi connectivity index (χ0n) is 12.9. The van der Waals surface area contributed by atoms with Crippen molar-refractivity contribution in [3.8, 4) is 22.8 Å². The highest BCUT2D eigenvalue weighted by Gasteiger charge is 2.16. The number of furan rings is 1. The summed E-state index contributed by atoms with van der Waals surface area (Å²) in [7, 11) is 3.14. The van der Waals surface area contributed by atoms with E-state index >= 15 is 0 Å². The summed E-state index contributed by atoms with van der Waals surface area (Å²) in [5.41, 5.74) is 1.89. The predicted molar refractivity (Wildman–Crippen MR) is 87.1 cm³/mol. The second-order valence-corrected chi connectivity index (χ2v) is 4.95. The van der Waals surface area contributed by atoms with Gasteiger partial charge in [0, 0.05) is 11.1 Å². The summed E-state index contributed by atoms with van der Waals surface area (Å²) in [6, 6.07) is 16.1. The molecule has 3 rings (SSSR count). The van der Waals surface area contributed by atoms with Crippen LogP contribution in [0.1, 0.15) is 15.9 Å². The standard InChI is InChI=1S/C19H16O4/c1-21-15-8-5-13(6-9-15)19(20)16-12-14(7-10-18(16)22-2)17-4-3-11-23-17/h3-12H,1-2H3. The molecule has 0 aliphatic heterocycles. The van der Waals surface area contributed by atoms with Crippen molar-refractivity contribution in [1.29, 1.82) is 0 Å². The van der Waals surface area contributed by atoms with Crippen molar-refractivity contribution in [3.63, 3.8) is 0 Å². The van der Waals surface area contributed by atoms with E-state index in [-0.39, 0.29) is 5.78 Å². The summed E-state index contributed by atoms with van der Waals surface area (Å²) in [5, 5.41) is 0. The molecule has 0 bridgehead atoms. The van der Waals surface area contributed by atoms with Crippen LogP contribution in [0.5, 0.6) is 11.5 Å². The topological polar surface area (TPSA) is 48.7 Å². The van der Waals surface area contributed by atoms with E-state index in [1.807, 2.05) is 18.2 Å². The molecule has 1 aromatic heterocycles. The number of benzene rings is 2. The molecule has 2 aromatic carbocycles. The lowest BCUT2D eigenvalue weighted by Crippen LogP contribution is -2.04. The van der Waals surface area contributed by atoms with Crippen LogP contribution in [0.4, 0.5) is 0 Å². The van der Waals surface area contributed by atoms with Gasteiger partial charge in [0.25, 0.3) is 0 Å². The molecule has 4 heteroatoms. The van der Waals surface area contributed by atoms with E-state index in [0.29, 0.717) is 28.4 Å². The summed E-state index contributed by atoms with van der Waals surface area (Å²) < 4.78 is 15.8. The van der Waals surface area contributed by atoms with E-state index in [4.69, 9.17) is 13.9 Å². The minimum atomic E-state index is -0.113. The first-order valence-electron chi connectivity index (χ1n) is 7.13. The monoisotopic (exact) mass is 308 g/mol. The number of rotatable bonds is 5. The molecule has 0 radical (unpaired) electrons. The highest BCUT2D eigenvalue weighted by molar-refractivity contribution is 6.11. The number of methoxy groups -OCH3 is 2. The second-order valence-electron chi connectivity index (χ2n) is 4.95. The van der Waals surface area contributed by atoms with E-state index in [2.05, 4.69) is 0 Å². The van der Waals surface area contributed by atoms with E-state index in [0.717, 1.165) is 5.56 Å². The van der Waals surface area contributed by atoms with Gasteiger partial charge in [0.1, 0.15) is 17.3 Å². The summed E-state index contributed by atoms with van der Waals surface area (Å²) in [6.07, 6.45) is 1.60.